The smallest absolute Gasteiger partial charge is 0.173 e. The Bertz CT molecular complexity index is 1080. The van der Waals surface area contributed by atoms with Gasteiger partial charge in [0.05, 0.1) is 6.20 Å². The Balaban J connectivity index is 1.86. The Hall–Kier alpha value is -2.69. The van der Waals surface area contributed by atoms with E-state index in [4.69, 9.17) is 11.6 Å². The van der Waals surface area contributed by atoms with Crippen molar-refractivity contribution in [1.29, 1.82) is 0 Å². The molecule has 0 N–H and O–H groups in total. The van der Waals surface area contributed by atoms with Crippen molar-refractivity contribution in [2.75, 3.05) is 6.26 Å². The topological polar surface area (TPSA) is 25.8 Å². The number of hydrogen-bond acceptors (Lipinski definition) is 3. The maximum absolute atomic E-state index is 13.8. The molecule has 2 nitrogen and oxygen atoms in total. The molecule has 29 heavy (non-hydrogen) atoms. The first-order valence-corrected chi connectivity index (χ1v) is 10.7. The number of aromatic nitrogens is 2. The van der Waals surface area contributed by atoms with Crippen molar-refractivity contribution in [3.05, 3.63) is 113 Å². The van der Waals surface area contributed by atoms with Crippen molar-refractivity contribution >= 4 is 23.4 Å². The standard InChI is InChI=1S/C24H18ClFN2S/c1-29-24-21(26)15-27-23(28-24)19-12-18(13-20(25)14-19)22(16-8-4-2-5-9-16)17-10-6-3-7-11-17/h2-15,22H,1H3. The number of hydrogen-bond donors (Lipinski definition) is 0. The summed E-state index contributed by atoms with van der Waals surface area (Å²) in [6.07, 6.45) is 3.00. The van der Waals surface area contributed by atoms with Gasteiger partial charge in [-0.2, -0.15) is 0 Å². The second kappa shape index (κ2) is 8.76. The molecule has 0 bridgehead atoms. The fraction of sp³-hybridized carbons (Fsp3) is 0.0833. The Morgan fingerprint density at radius 2 is 1.48 bits per heavy atom. The Kier molecular flexibility index (Phi) is 5.93. The molecule has 0 saturated carbocycles. The SMILES string of the molecule is CSc1nc(-c2cc(Cl)cc(C(c3ccccc3)c3ccccc3)c2)ncc1F. The molecule has 1 heterocycles. The lowest BCUT2D eigenvalue weighted by atomic mass is 9.84. The minimum Gasteiger partial charge on any atom is -0.233 e. The van der Waals surface area contributed by atoms with Gasteiger partial charge in [0.1, 0.15) is 5.03 Å². The van der Waals surface area contributed by atoms with E-state index in [-0.39, 0.29) is 5.92 Å². The van der Waals surface area contributed by atoms with Gasteiger partial charge in [-0.05, 0) is 41.1 Å². The van der Waals surface area contributed by atoms with Gasteiger partial charge in [0.2, 0.25) is 0 Å². The monoisotopic (exact) mass is 420 g/mol. The second-order valence-corrected chi connectivity index (χ2v) is 7.81. The fourth-order valence-electron chi connectivity index (χ4n) is 3.41. The molecule has 1 aromatic heterocycles. The highest BCUT2D eigenvalue weighted by Gasteiger charge is 2.19. The van der Waals surface area contributed by atoms with Crippen LogP contribution in [0.5, 0.6) is 0 Å². The third-order valence-corrected chi connectivity index (χ3v) is 5.57. The van der Waals surface area contributed by atoms with Crippen LogP contribution in [0.15, 0.2) is 90.1 Å². The van der Waals surface area contributed by atoms with Crippen molar-refractivity contribution in [3.8, 4) is 11.4 Å². The molecule has 0 aliphatic heterocycles. The van der Waals surface area contributed by atoms with E-state index >= 15 is 0 Å². The molecular formula is C24H18ClFN2S. The van der Waals surface area contributed by atoms with Gasteiger partial charge >= 0.3 is 0 Å². The first kappa shape index (κ1) is 19.6. The zero-order valence-corrected chi connectivity index (χ0v) is 17.3. The number of benzene rings is 3. The van der Waals surface area contributed by atoms with E-state index in [1.807, 2.05) is 54.6 Å². The number of nitrogens with zero attached hydrogens (tertiary/aromatic N) is 2. The molecule has 5 heteroatoms. The minimum atomic E-state index is -0.421. The molecule has 0 amide bonds. The van der Waals surface area contributed by atoms with Crippen LogP contribution in [0.2, 0.25) is 5.02 Å². The van der Waals surface area contributed by atoms with E-state index in [0.29, 0.717) is 15.9 Å². The average molecular weight is 421 g/mol. The van der Waals surface area contributed by atoms with Gasteiger partial charge in [0.25, 0.3) is 0 Å². The van der Waals surface area contributed by atoms with Crippen molar-refractivity contribution in [3.63, 3.8) is 0 Å². The first-order valence-electron chi connectivity index (χ1n) is 9.13. The Labute approximate surface area is 178 Å². The van der Waals surface area contributed by atoms with Gasteiger partial charge in [-0.3, -0.25) is 0 Å². The van der Waals surface area contributed by atoms with Crippen LogP contribution >= 0.6 is 23.4 Å². The highest BCUT2D eigenvalue weighted by molar-refractivity contribution is 7.98. The van der Waals surface area contributed by atoms with Crippen LogP contribution in [0.3, 0.4) is 0 Å². The van der Waals surface area contributed by atoms with Crippen LogP contribution < -0.4 is 0 Å². The molecule has 144 valence electrons. The molecule has 0 radical (unpaired) electrons. The predicted octanol–water partition coefficient (Wildman–Crippen LogP) is 6.84. The van der Waals surface area contributed by atoms with Crippen LogP contribution in [-0.2, 0) is 0 Å². The first-order chi connectivity index (χ1) is 14.2. The molecule has 0 saturated heterocycles. The summed E-state index contributed by atoms with van der Waals surface area (Å²) in [7, 11) is 0. The zero-order chi connectivity index (χ0) is 20.2. The van der Waals surface area contributed by atoms with Crippen LogP contribution in [0, 0.1) is 5.82 Å². The van der Waals surface area contributed by atoms with Crippen LogP contribution in [0.4, 0.5) is 4.39 Å². The zero-order valence-electron chi connectivity index (χ0n) is 15.7. The van der Waals surface area contributed by atoms with E-state index in [2.05, 4.69) is 34.2 Å². The highest BCUT2D eigenvalue weighted by Crippen LogP contribution is 2.35. The number of rotatable bonds is 5. The lowest BCUT2D eigenvalue weighted by Gasteiger charge is -2.20. The molecule has 0 aliphatic rings. The molecule has 0 unspecified atom stereocenters. The van der Waals surface area contributed by atoms with Gasteiger partial charge < -0.3 is 0 Å². The van der Waals surface area contributed by atoms with E-state index in [9.17, 15) is 4.39 Å². The van der Waals surface area contributed by atoms with Crippen molar-refractivity contribution in [2.24, 2.45) is 0 Å². The summed E-state index contributed by atoms with van der Waals surface area (Å²) in [5.74, 6) is 0.0460. The molecule has 0 atom stereocenters. The quantitative estimate of drug-likeness (QED) is 0.201. The summed E-state index contributed by atoms with van der Waals surface area (Å²) in [5.41, 5.74) is 4.12. The fourth-order valence-corrected chi connectivity index (χ4v) is 4.08. The van der Waals surface area contributed by atoms with Gasteiger partial charge in [0, 0.05) is 16.5 Å². The maximum Gasteiger partial charge on any atom is 0.173 e. The van der Waals surface area contributed by atoms with Crippen LogP contribution in [0.1, 0.15) is 22.6 Å². The Morgan fingerprint density at radius 1 is 0.862 bits per heavy atom. The number of halogens is 2. The summed E-state index contributed by atoms with van der Waals surface area (Å²) >= 11 is 7.74. The molecule has 3 aromatic carbocycles. The maximum atomic E-state index is 13.8. The summed E-state index contributed by atoms with van der Waals surface area (Å²) < 4.78 is 13.8. The molecule has 0 aliphatic carbocycles. The van der Waals surface area contributed by atoms with Gasteiger partial charge in [-0.1, -0.05) is 72.3 Å². The second-order valence-electron chi connectivity index (χ2n) is 6.58. The summed E-state index contributed by atoms with van der Waals surface area (Å²) in [6, 6.07) is 26.4. The van der Waals surface area contributed by atoms with Gasteiger partial charge in [0.15, 0.2) is 11.6 Å². The summed E-state index contributed by atoms with van der Waals surface area (Å²) in [4.78, 5) is 8.55. The molecule has 4 aromatic rings. The number of thioether (sulfide) groups is 1. The molecule has 0 spiro atoms. The lowest BCUT2D eigenvalue weighted by Crippen LogP contribution is -2.04. The Morgan fingerprint density at radius 3 is 2.07 bits per heavy atom. The summed E-state index contributed by atoms with van der Waals surface area (Å²) in [6.45, 7) is 0. The van der Waals surface area contributed by atoms with E-state index in [1.165, 1.54) is 18.0 Å². The molecular weight excluding hydrogens is 403 g/mol. The van der Waals surface area contributed by atoms with Gasteiger partial charge in [-0.25, -0.2) is 14.4 Å². The third-order valence-electron chi connectivity index (χ3n) is 4.68. The van der Waals surface area contributed by atoms with Gasteiger partial charge in [-0.15, -0.1) is 11.8 Å². The van der Waals surface area contributed by atoms with E-state index in [0.717, 1.165) is 22.3 Å². The van der Waals surface area contributed by atoms with E-state index < -0.39 is 5.82 Å². The highest BCUT2D eigenvalue weighted by atomic mass is 35.5. The van der Waals surface area contributed by atoms with Crippen molar-refractivity contribution < 1.29 is 4.39 Å². The van der Waals surface area contributed by atoms with Crippen LogP contribution in [-0.4, -0.2) is 16.2 Å². The van der Waals surface area contributed by atoms with Crippen molar-refractivity contribution in [1.82, 2.24) is 9.97 Å². The molecule has 4 rings (SSSR count). The third kappa shape index (κ3) is 4.34. The largest absolute Gasteiger partial charge is 0.233 e. The van der Waals surface area contributed by atoms with E-state index in [1.54, 1.807) is 6.26 Å². The van der Waals surface area contributed by atoms with Crippen LogP contribution in [0.25, 0.3) is 11.4 Å². The van der Waals surface area contributed by atoms with Crippen molar-refractivity contribution in [2.45, 2.75) is 10.9 Å². The summed E-state index contributed by atoms with van der Waals surface area (Å²) in [5, 5.41) is 0.909. The minimum absolute atomic E-state index is 0.00955. The lowest BCUT2D eigenvalue weighted by molar-refractivity contribution is 0.580. The predicted molar refractivity (Wildman–Crippen MR) is 118 cm³/mol. The molecule has 0 fully saturated rings. The average Bonchev–Trinajstić information content (AvgIpc) is 2.75. The normalized spacial score (nSPS) is 11.0.